The highest BCUT2D eigenvalue weighted by atomic mass is 16.2. The van der Waals surface area contributed by atoms with Crippen molar-refractivity contribution in [2.45, 2.75) is 31.7 Å². The second-order valence-corrected chi connectivity index (χ2v) is 7.01. The number of nitrogens with one attached hydrogen (secondary N) is 1. The van der Waals surface area contributed by atoms with E-state index in [1.54, 1.807) is 6.07 Å². The first-order valence-electron chi connectivity index (χ1n) is 8.89. The lowest BCUT2D eigenvalue weighted by Gasteiger charge is -2.25. The Morgan fingerprint density at radius 3 is 2.64 bits per heavy atom. The van der Waals surface area contributed by atoms with Crippen molar-refractivity contribution in [3.8, 4) is 0 Å². The number of amides is 2. The van der Waals surface area contributed by atoms with Gasteiger partial charge in [-0.15, -0.1) is 0 Å². The number of carbonyl (C=O) groups is 2. The molecule has 1 atom stereocenters. The van der Waals surface area contributed by atoms with Crippen LogP contribution >= 0.6 is 0 Å². The zero-order chi connectivity index (χ0) is 17.4. The predicted octanol–water partition coefficient (Wildman–Crippen LogP) is 3.79. The summed E-state index contributed by atoms with van der Waals surface area (Å²) >= 11 is 0. The fourth-order valence-corrected chi connectivity index (χ4v) is 3.60. The highest BCUT2D eigenvalue weighted by molar-refractivity contribution is 5.98. The van der Waals surface area contributed by atoms with Crippen LogP contribution in [0.2, 0.25) is 0 Å². The summed E-state index contributed by atoms with van der Waals surface area (Å²) in [5.74, 6) is 0.198. The summed E-state index contributed by atoms with van der Waals surface area (Å²) in [5.41, 5.74) is 3.89. The number of nitrogens with zero attached hydrogens (tertiary/aromatic N) is 1. The molecule has 4 heteroatoms. The minimum Gasteiger partial charge on any atom is -0.335 e. The summed E-state index contributed by atoms with van der Waals surface area (Å²) in [7, 11) is 1.87. The van der Waals surface area contributed by atoms with E-state index in [-0.39, 0.29) is 23.8 Å². The van der Waals surface area contributed by atoms with Crippen LogP contribution in [0.15, 0.2) is 48.5 Å². The minimum atomic E-state index is -0.00998. The van der Waals surface area contributed by atoms with E-state index in [4.69, 9.17) is 0 Å². The number of anilines is 1. The summed E-state index contributed by atoms with van der Waals surface area (Å²) in [6.07, 6.45) is 3.90. The highest BCUT2D eigenvalue weighted by Crippen LogP contribution is 2.35. The Bertz CT molecular complexity index is 826. The van der Waals surface area contributed by atoms with Crippen molar-refractivity contribution in [2.24, 2.45) is 5.92 Å². The van der Waals surface area contributed by atoms with Crippen LogP contribution in [-0.2, 0) is 11.2 Å². The molecular weight excluding hydrogens is 312 g/mol. The first-order valence-corrected chi connectivity index (χ1v) is 8.89. The number of benzene rings is 2. The summed E-state index contributed by atoms with van der Waals surface area (Å²) < 4.78 is 0. The first kappa shape index (κ1) is 15.9. The molecule has 2 amide bonds. The van der Waals surface area contributed by atoms with Gasteiger partial charge in [0.05, 0.1) is 6.04 Å². The van der Waals surface area contributed by atoms with E-state index in [2.05, 4.69) is 23.5 Å². The molecule has 0 radical (unpaired) electrons. The SMILES string of the molecule is CN(C(=O)c1cccc(NC(=O)C2CC2)c1)C1CCc2ccccc21. The van der Waals surface area contributed by atoms with E-state index in [1.807, 2.05) is 36.2 Å². The number of fused-ring (bicyclic) bond motifs is 1. The van der Waals surface area contributed by atoms with Gasteiger partial charge in [-0.05, 0) is 55.0 Å². The molecule has 4 nitrogen and oxygen atoms in total. The molecule has 25 heavy (non-hydrogen) atoms. The maximum absolute atomic E-state index is 12.9. The van der Waals surface area contributed by atoms with Crippen LogP contribution in [0.3, 0.4) is 0 Å². The molecule has 1 fully saturated rings. The maximum atomic E-state index is 12.9. The number of aryl methyl sites for hydroxylation is 1. The van der Waals surface area contributed by atoms with Crippen LogP contribution in [0.4, 0.5) is 5.69 Å². The number of carbonyl (C=O) groups excluding carboxylic acids is 2. The lowest BCUT2D eigenvalue weighted by atomic mass is 10.1. The largest absolute Gasteiger partial charge is 0.335 e. The molecule has 2 aliphatic rings. The van der Waals surface area contributed by atoms with Gasteiger partial charge in [-0.1, -0.05) is 30.3 Å². The number of rotatable bonds is 4. The molecular formula is C21H22N2O2. The van der Waals surface area contributed by atoms with Gasteiger partial charge < -0.3 is 10.2 Å². The van der Waals surface area contributed by atoms with Crippen molar-refractivity contribution in [3.63, 3.8) is 0 Å². The topological polar surface area (TPSA) is 49.4 Å². The van der Waals surface area contributed by atoms with Gasteiger partial charge in [-0.25, -0.2) is 0 Å². The molecule has 2 aromatic carbocycles. The molecule has 0 aliphatic heterocycles. The summed E-state index contributed by atoms with van der Waals surface area (Å²) in [5, 5.41) is 2.91. The molecule has 1 N–H and O–H groups in total. The molecule has 0 spiro atoms. The van der Waals surface area contributed by atoms with Crippen LogP contribution in [0.25, 0.3) is 0 Å². The van der Waals surface area contributed by atoms with E-state index >= 15 is 0 Å². The van der Waals surface area contributed by atoms with Gasteiger partial charge in [0.2, 0.25) is 5.91 Å². The summed E-state index contributed by atoms with van der Waals surface area (Å²) in [6.45, 7) is 0. The van der Waals surface area contributed by atoms with Crippen LogP contribution in [0.1, 0.15) is 46.8 Å². The van der Waals surface area contributed by atoms with E-state index in [0.29, 0.717) is 11.3 Å². The van der Waals surface area contributed by atoms with Gasteiger partial charge in [0.1, 0.15) is 0 Å². The second-order valence-electron chi connectivity index (χ2n) is 7.01. The molecule has 0 saturated heterocycles. The molecule has 0 heterocycles. The molecule has 2 aliphatic carbocycles. The Hall–Kier alpha value is -2.62. The Morgan fingerprint density at radius 1 is 1.04 bits per heavy atom. The van der Waals surface area contributed by atoms with Crippen molar-refractivity contribution in [1.82, 2.24) is 4.90 Å². The third-order valence-corrected chi connectivity index (χ3v) is 5.21. The predicted molar refractivity (Wildman–Crippen MR) is 97.4 cm³/mol. The molecule has 4 rings (SSSR count). The number of hydrogen-bond acceptors (Lipinski definition) is 2. The van der Waals surface area contributed by atoms with E-state index in [9.17, 15) is 9.59 Å². The standard InChI is InChI=1S/C21H22N2O2/c1-23(19-12-11-14-5-2-3-8-18(14)19)21(25)16-6-4-7-17(13-16)22-20(24)15-9-10-15/h2-8,13,15,19H,9-12H2,1H3,(H,22,24). The quantitative estimate of drug-likeness (QED) is 0.925. The normalized spacial score (nSPS) is 18.5. The van der Waals surface area contributed by atoms with E-state index in [1.165, 1.54) is 11.1 Å². The maximum Gasteiger partial charge on any atom is 0.254 e. The zero-order valence-corrected chi connectivity index (χ0v) is 14.4. The van der Waals surface area contributed by atoms with Gasteiger partial charge in [-0.3, -0.25) is 9.59 Å². The van der Waals surface area contributed by atoms with Crippen molar-refractivity contribution in [1.29, 1.82) is 0 Å². The van der Waals surface area contributed by atoms with Crippen LogP contribution in [0.5, 0.6) is 0 Å². The van der Waals surface area contributed by atoms with Gasteiger partial charge in [-0.2, -0.15) is 0 Å². The van der Waals surface area contributed by atoms with Gasteiger partial charge in [0.15, 0.2) is 0 Å². The Balaban J connectivity index is 1.51. The van der Waals surface area contributed by atoms with Gasteiger partial charge >= 0.3 is 0 Å². The van der Waals surface area contributed by atoms with Crippen LogP contribution in [-0.4, -0.2) is 23.8 Å². The molecule has 128 valence electrons. The molecule has 1 saturated carbocycles. The zero-order valence-electron chi connectivity index (χ0n) is 14.4. The second kappa shape index (κ2) is 6.36. The summed E-state index contributed by atoms with van der Waals surface area (Å²) in [6, 6.07) is 15.7. The third-order valence-electron chi connectivity index (χ3n) is 5.21. The van der Waals surface area contributed by atoms with Crippen molar-refractivity contribution >= 4 is 17.5 Å². The van der Waals surface area contributed by atoms with Crippen molar-refractivity contribution < 1.29 is 9.59 Å². The lowest BCUT2D eigenvalue weighted by molar-refractivity contribution is -0.117. The third kappa shape index (κ3) is 3.16. The Morgan fingerprint density at radius 2 is 1.84 bits per heavy atom. The fraction of sp³-hybridized carbons (Fsp3) is 0.333. The van der Waals surface area contributed by atoms with Crippen molar-refractivity contribution in [2.75, 3.05) is 12.4 Å². The molecule has 0 aromatic heterocycles. The van der Waals surface area contributed by atoms with E-state index in [0.717, 1.165) is 25.7 Å². The molecule has 0 bridgehead atoms. The lowest BCUT2D eigenvalue weighted by Crippen LogP contribution is -2.30. The first-order chi connectivity index (χ1) is 12.1. The fourth-order valence-electron chi connectivity index (χ4n) is 3.60. The Kier molecular flexibility index (Phi) is 4.04. The summed E-state index contributed by atoms with van der Waals surface area (Å²) in [4.78, 5) is 26.7. The smallest absolute Gasteiger partial charge is 0.254 e. The van der Waals surface area contributed by atoms with E-state index < -0.39 is 0 Å². The van der Waals surface area contributed by atoms with Crippen LogP contribution < -0.4 is 5.32 Å². The average molecular weight is 334 g/mol. The average Bonchev–Trinajstić information content (AvgIpc) is 3.40. The van der Waals surface area contributed by atoms with Crippen LogP contribution in [0, 0.1) is 5.92 Å². The molecule has 1 unspecified atom stereocenters. The van der Waals surface area contributed by atoms with Crippen molar-refractivity contribution in [3.05, 3.63) is 65.2 Å². The number of hydrogen-bond donors (Lipinski definition) is 1. The van der Waals surface area contributed by atoms with Gasteiger partial charge in [0.25, 0.3) is 5.91 Å². The Labute approximate surface area is 147 Å². The van der Waals surface area contributed by atoms with Gasteiger partial charge in [0, 0.05) is 24.2 Å². The minimum absolute atomic E-state index is 0.00998. The molecule has 2 aromatic rings. The monoisotopic (exact) mass is 334 g/mol. The highest BCUT2D eigenvalue weighted by Gasteiger charge is 2.30.